The molecule has 0 bridgehead atoms. The molecule has 0 spiro atoms. The first kappa shape index (κ1) is 4.14. The van der Waals surface area contributed by atoms with Crippen LogP contribution in [-0.4, -0.2) is 12.2 Å². The lowest BCUT2D eigenvalue weighted by Crippen LogP contribution is -1.95. The van der Waals surface area contributed by atoms with E-state index in [1.165, 1.54) is 0 Å². The van der Waals surface area contributed by atoms with E-state index >= 15 is 0 Å². The molecule has 0 unspecified atom stereocenters. The largest absolute Gasteiger partial charge is 0.302 e. The molecule has 3 nitrogen and oxygen atoms in total. The number of hydrogen-bond acceptors (Lipinski definition) is 2. The third-order valence-electron chi connectivity index (χ3n) is 0.107. The van der Waals surface area contributed by atoms with Gasteiger partial charge in [-0.2, -0.15) is 0 Å². The number of carbonyl (C=O) groups is 2. The normalized spacial score (nSPS) is 6.40. The Kier molecular flexibility index (Phi) is 1.21. The summed E-state index contributed by atoms with van der Waals surface area (Å²) in [6.45, 7) is 0. The molecule has 0 heterocycles. The van der Waals surface area contributed by atoms with Gasteiger partial charge in [0.15, 0.2) is 0 Å². The Hall–Kier alpha value is -0.860. The van der Waals surface area contributed by atoms with E-state index in [9.17, 15) is 0 Å². The first-order valence-corrected chi connectivity index (χ1v) is 0.979. The zero-order valence-electron chi connectivity index (χ0n) is 2.39. The van der Waals surface area contributed by atoms with Gasteiger partial charge in [0.1, 0.15) is 0 Å². The molecule has 0 atom stereocenters. The molecule has 0 aromatic heterocycles. The van der Waals surface area contributed by atoms with Crippen molar-refractivity contribution in [3.05, 3.63) is 0 Å². The van der Waals surface area contributed by atoms with E-state index in [-0.39, 0.29) is 6.29 Å². The summed E-state index contributed by atoms with van der Waals surface area (Å²) in [6, 6.07) is 0. The van der Waals surface area contributed by atoms with Crippen molar-refractivity contribution in [2.75, 3.05) is 0 Å². The molecule has 0 aliphatic heterocycles. The van der Waals surface area contributed by atoms with E-state index in [1.54, 1.807) is 0 Å². The molecule has 1 amide bonds. The number of hydrogen-bond donors (Lipinski definition) is 0. The molecule has 0 aliphatic carbocycles. The van der Waals surface area contributed by atoms with Gasteiger partial charge in [0, 0.05) is 0 Å². The van der Waals surface area contributed by atoms with Gasteiger partial charge in [0.05, 0.1) is 0 Å². The summed E-state index contributed by atoms with van der Waals surface area (Å²) in [5, 5.41) is 0. The van der Waals surface area contributed by atoms with Crippen LogP contribution in [0.4, 0.5) is 0 Å². The van der Waals surface area contributed by atoms with Crippen LogP contribution in [0.25, 0.3) is 0 Å². The zero-order chi connectivity index (χ0) is 4.28. The molecule has 0 saturated carbocycles. The van der Waals surface area contributed by atoms with Crippen molar-refractivity contribution in [2.45, 2.75) is 0 Å². The van der Waals surface area contributed by atoms with Crippen LogP contribution in [0.2, 0.25) is 0 Å². The maximum Gasteiger partial charge on any atom is 0.302 e. The van der Waals surface area contributed by atoms with Gasteiger partial charge in [0.2, 0.25) is 6.29 Å². The van der Waals surface area contributed by atoms with Crippen LogP contribution < -0.4 is 5.73 Å². The summed E-state index contributed by atoms with van der Waals surface area (Å²) in [4.78, 5) is 18.1. The molecular weight excluding hydrogens is 70.0 g/mol. The second-order valence-corrected chi connectivity index (χ2v) is 0.482. The van der Waals surface area contributed by atoms with Gasteiger partial charge in [-0.3, -0.25) is 15.3 Å². The average molecular weight is 72.0 g/mol. The predicted molar refractivity (Wildman–Crippen MR) is 14.2 cm³/mol. The van der Waals surface area contributed by atoms with E-state index < -0.39 is 5.91 Å². The molecular formula is C2H2NO2. The van der Waals surface area contributed by atoms with Crippen molar-refractivity contribution in [3.63, 3.8) is 0 Å². The van der Waals surface area contributed by atoms with Crippen LogP contribution in [-0.2, 0) is 9.59 Å². The lowest BCUT2D eigenvalue weighted by molar-refractivity contribution is -0.129. The first-order valence-electron chi connectivity index (χ1n) is 0.979. The summed E-state index contributed by atoms with van der Waals surface area (Å²) in [5.41, 5.74) is 5.82. The number of amides is 1. The molecule has 0 rings (SSSR count). The van der Waals surface area contributed by atoms with E-state index in [4.69, 9.17) is 15.3 Å². The Bertz CT molecular complexity index is 58.7. The topological polar surface area (TPSA) is 57.9 Å². The lowest BCUT2D eigenvalue weighted by atomic mass is 10.8. The lowest BCUT2D eigenvalue weighted by Gasteiger charge is -1.57. The van der Waals surface area contributed by atoms with Crippen molar-refractivity contribution < 1.29 is 9.59 Å². The standard InChI is InChI=1S/C2H2NO2/c3-2(5)1-4/h1,3H. The highest BCUT2D eigenvalue weighted by molar-refractivity contribution is 6.22. The molecule has 3 heteroatoms. The Balaban J connectivity index is 3.20. The van der Waals surface area contributed by atoms with Crippen molar-refractivity contribution >= 4 is 12.2 Å². The molecule has 1 N–H and O–H groups in total. The Morgan fingerprint density at radius 1 is 1.80 bits per heavy atom. The maximum atomic E-state index is 9.11. The summed E-state index contributed by atoms with van der Waals surface area (Å²) in [7, 11) is 0. The second kappa shape index (κ2) is 1.46. The van der Waals surface area contributed by atoms with Gasteiger partial charge >= 0.3 is 5.91 Å². The highest BCUT2D eigenvalue weighted by atomic mass is 16.2. The Morgan fingerprint density at radius 3 is 2.00 bits per heavy atom. The Labute approximate surface area is 28.8 Å². The number of carbonyl (C=O) groups excluding carboxylic acids is 2. The monoisotopic (exact) mass is 72.0 g/mol. The van der Waals surface area contributed by atoms with Gasteiger partial charge < -0.3 is 0 Å². The molecule has 1 radical (unpaired) electrons. The summed E-state index contributed by atoms with van der Waals surface area (Å²) in [5.74, 6) is -1.18. The van der Waals surface area contributed by atoms with Crippen molar-refractivity contribution in [1.82, 2.24) is 5.73 Å². The fourth-order valence-corrected chi connectivity index (χ4v) is 0. The highest BCUT2D eigenvalue weighted by Crippen LogP contribution is 1.36. The molecule has 5 heavy (non-hydrogen) atoms. The van der Waals surface area contributed by atoms with Crippen LogP contribution in [0, 0.1) is 0 Å². The van der Waals surface area contributed by atoms with Gasteiger partial charge in [-0.05, 0) is 0 Å². The van der Waals surface area contributed by atoms with Crippen molar-refractivity contribution in [1.29, 1.82) is 0 Å². The average Bonchev–Trinajstić information content (AvgIpc) is 1.38. The van der Waals surface area contributed by atoms with E-state index in [2.05, 4.69) is 0 Å². The van der Waals surface area contributed by atoms with E-state index in [0.717, 1.165) is 0 Å². The number of nitrogens with one attached hydrogen (secondary N) is 1. The minimum absolute atomic E-state index is 0.0556. The highest BCUT2D eigenvalue weighted by Gasteiger charge is 1.79. The summed E-state index contributed by atoms with van der Waals surface area (Å²) >= 11 is 0. The predicted octanol–water partition coefficient (Wildman–Crippen LogP) is -1.01. The SMILES string of the molecule is [NH]C(=O)C=O. The Morgan fingerprint density at radius 2 is 2.00 bits per heavy atom. The van der Waals surface area contributed by atoms with Crippen LogP contribution in [0.5, 0.6) is 0 Å². The van der Waals surface area contributed by atoms with Gasteiger partial charge in [-0.1, -0.05) is 0 Å². The summed E-state index contributed by atoms with van der Waals surface area (Å²) in [6.07, 6.45) is -0.0556. The van der Waals surface area contributed by atoms with Crippen molar-refractivity contribution in [2.24, 2.45) is 0 Å². The fraction of sp³-hybridized carbons (Fsp3) is 0. The molecule has 27 valence electrons. The van der Waals surface area contributed by atoms with Crippen molar-refractivity contribution in [3.8, 4) is 0 Å². The first-order chi connectivity index (χ1) is 2.27. The minimum Gasteiger partial charge on any atom is -0.292 e. The zero-order valence-corrected chi connectivity index (χ0v) is 2.39. The third kappa shape index (κ3) is 3.14. The molecule has 0 fully saturated rings. The van der Waals surface area contributed by atoms with Gasteiger partial charge in [0.25, 0.3) is 0 Å². The van der Waals surface area contributed by atoms with Crippen LogP contribution in [0.15, 0.2) is 0 Å². The fourth-order valence-electron chi connectivity index (χ4n) is 0. The number of rotatable bonds is 1. The third-order valence-corrected chi connectivity index (χ3v) is 0.107. The van der Waals surface area contributed by atoms with E-state index in [0.29, 0.717) is 0 Å². The maximum absolute atomic E-state index is 9.11. The number of aldehydes is 1. The van der Waals surface area contributed by atoms with Gasteiger partial charge in [-0.15, -0.1) is 0 Å². The minimum atomic E-state index is -1.18. The van der Waals surface area contributed by atoms with E-state index in [1.807, 2.05) is 0 Å². The molecule has 0 aromatic carbocycles. The second-order valence-electron chi connectivity index (χ2n) is 0.482. The van der Waals surface area contributed by atoms with Gasteiger partial charge in [-0.25, -0.2) is 0 Å². The molecule has 0 aromatic rings. The van der Waals surface area contributed by atoms with Crippen LogP contribution >= 0.6 is 0 Å². The smallest absolute Gasteiger partial charge is 0.292 e. The van der Waals surface area contributed by atoms with Crippen LogP contribution in [0.1, 0.15) is 0 Å². The quantitative estimate of drug-likeness (QED) is 0.294. The summed E-state index contributed by atoms with van der Waals surface area (Å²) < 4.78 is 0. The molecule has 0 saturated heterocycles. The molecule has 0 aliphatic rings. The van der Waals surface area contributed by atoms with Crippen LogP contribution in [0.3, 0.4) is 0 Å².